The van der Waals surface area contributed by atoms with Gasteiger partial charge in [-0.15, -0.1) is 11.6 Å². The Hall–Kier alpha value is -2.07. The third-order valence-corrected chi connectivity index (χ3v) is 3.56. The van der Waals surface area contributed by atoms with Crippen LogP contribution in [0.15, 0.2) is 60.7 Å². The summed E-state index contributed by atoms with van der Waals surface area (Å²) in [6.45, 7) is 1.79. The first kappa shape index (κ1) is 17.3. The maximum absolute atomic E-state index is 12.9. The molecule has 5 heteroatoms. The zero-order chi connectivity index (χ0) is 16.9. The van der Waals surface area contributed by atoms with Crippen LogP contribution in [0.2, 0.25) is 0 Å². The number of hydrogen-bond donors (Lipinski definition) is 0. The summed E-state index contributed by atoms with van der Waals surface area (Å²) < 4.78 is 38.7. The topological polar surface area (TPSA) is 12.9 Å². The van der Waals surface area contributed by atoms with Crippen LogP contribution in [0.3, 0.4) is 0 Å². The van der Waals surface area contributed by atoms with Crippen molar-refractivity contribution in [2.45, 2.75) is 19.0 Å². The van der Waals surface area contributed by atoms with Gasteiger partial charge in [-0.25, -0.2) is 0 Å². The molecule has 1 aromatic carbocycles. The van der Waals surface area contributed by atoms with E-state index >= 15 is 0 Å². The van der Waals surface area contributed by atoms with Gasteiger partial charge in [0.1, 0.15) is 0 Å². The molecular formula is C18H15ClF3N. The highest BCUT2D eigenvalue weighted by molar-refractivity contribution is 6.17. The molecule has 0 fully saturated rings. The average molecular weight is 338 g/mol. The molecule has 0 saturated carbocycles. The van der Waals surface area contributed by atoms with Crippen molar-refractivity contribution >= 4 is 11.6 Å². The van der Waals surface area contributed by atoms with Gasteiger partial charge in [0, 0.05) is 17.1 Å². The van der Waals surface area contributed by atoms with E-state index in [1.165, 1.54) is 6.07 Å². The predicted octanol–water partition coefficient (Wildman–Crippen LogP) is 5.94. The minimum Gasteiger partial charge on any atom is -0.253 e. The van der Waals surface area contributed by atoms with Gasteiger partial charge < -0.3 is 0 Å². The summed E-state index contributed by atoms with van der Waals surface area (Å²) in [4.78, 5) is 4.46. The van der Waals surface area contributed by atoms with Crippen molar-refractivity contribution in [3.05, 3.63) is 77.5 Å². The summed E-state index contributed by atoms with van der Waals surface area (Å²) in [5, 5.41) is 0. The minimum atomic E-state index is -4.38. The Kier molecular flexibility index (Phi) is 5.61. The molecule has 0 saturated heterocycles. The maximum Gasteiger partial charge on any atom is 0.416 e. The van der Waals surface area contributed by atoms with Crippen LogP contribution >= 0.6 is 11.6 Å². The van der Waals surface area contributed by atoms with Gasteiger partial charge in [-0.3, -0.25) is 4.98 Å². The van der Waals surface area contributed by atoms with Crippen molar-refractivity contribution in [3.63, 3.8) is 0 Å². The van der Waals surface area contributed by atoms with Crippen LogP contribution in [0.25, 0.3) is 11.3 Å². The largest absolute Gasteiger partial charge is 0.416 e. The first-order valence-electron chi connectivity index (χ1n) is 6.95. The van der Waals surface area contributed by atoms with Gasteiger partial charge >= 0.3 is 6.18 Å². The van der Waals surface area contributed by atoms with E-state index in [-0.39, 0.29) is 5.88 Å². The van der Waals surface area contributed by atoms with E-state index in [2.05, 4.69) is 4.98 Å². The Bertz CT molecular complexity index is 740. The smallest absolute Gasteiger partial charge is 0.253 e. The summed E-state index contributed by atoms with van der Waals surface area (Å²) in [7, 11) is 0. The van der Waals surface area contributed by atoms with Crippen molar-refractivity contribution in [1.29, 1.82) is 0 Å². The van der Waals surface area contributed by atoms with Gasteiger partial charge in [0.2, 0.25) is 0 Å². The molecule has 0 atom stereocenters. The van der Waals surface area contributed by atoms with Gasteiger partial charge in [-0.2, -0.15) is 13.2 Å². The molecule has 0 aliphatic carbocycles. The number of nitrogens with zero attached hydrogens (tertiary/aromatic N) is 1. The van der Waals surface area contributed by atoms with Crippen LogP contribution < -0.4 is 0 Å². The van der Waals surface area contributed by atoms with E-state index in [1.807, 2.05) is 18.2 Å². The second-order valence-corrected chi connectivity index (χ2v) is 5.19. The van der Waals surface area contributed by atoms with Crippen molar-refractivity contribution in [1.82, 2.24) is 4.98 Å². The molecular weight excluding hydrogens is 323 g/mol. The lowest BCUT2D eigenvalue weighted by atomic mass is 10.1. The molecule has 0 aliphatic rings. The average Bonchev–Trinajstić information content (AvgIpc) is 2.52. The Morgan fingerprint density at radius 3 is 2.30 bits per heavy atom. The molecule has 0 bridgehead atoms. The fourth-order valence-corrected chi connectivity index (χ4v) is 2.30. The molecule has 0 spiro atoms. The summed E-state index contributed by atoms with van der Waals surface area (Å²) in [5.74, 6) is 0.277. The van der Waals surface area contributed by atoms with Crippen LogP contribution in [0.5, 0.6) is 0 Å². The molecule has 2 rings (SSSR count). The second kappa shape index (κ2) is 7.47. The van der Waals surface area contributed by atoms with Gasteiger partial charge in [0.05, 0.1) is 11.3 Å². The highest BCUT2D eigenvalue weighted by atomic mass is 35.5. The molecule has 0 radical (unpaired) electrons. The van der Waals surface area contributed by atoms with Gasteiger partial charge in [0.15, 0.2) is 0 Å². The predicted molar refractivity (Wildman–Crippen MR) is 86.6 cm³/mol. The Morgan fingerprint density at radius 2 is 1.65 bits per heavy atom. The zero-order valence-corrected chi connectivity index (χ0v) is 13.2. The maximum atomic E-state index is 12.9. The van der Waals surface area contributed by atoms with E-state index in [9.17, 15) is 13.2 Å². The van der Waals surface area contributed by atoms with Gasteiger partial charge in [-0.1, -0.05) is 42.5 Å². The number of benzene rings is 1. The molecule has 0 N–H and O–H groups in total. The normalized spacial score (nSPS) is 11.0. The SMILES string of the molecule is Cc1nc(-c2cccc(C(F)(F)F)c2)ccccccc1CCl. The van der Waals surface area contributed by atoms with Crippen LogP contribution in [0.1, 0.15) is 16.8 Å². The molecule has 23 heavy (non-hydrogen) atoms. The monoisotopic (exact) mass is 337 g/mol. The Morgan fingerprint density at radius 1 is 0.957 bits per heavy atom. The third-order valence-electron chi connectivity index (χ3n) is 3.27. The van der Waals surface area contributed by atoms with Crippen LogP contribution in [-0.4, -0.2) is 4.98 Å². The lowest BCUT2D eigenvalue weighted by Crippen LogP contribution is -2.04. The van der Waals surface area contributed by atoms with Crippen molar-refractivity contribution in [3.8, 4) is 11.3 Å². The van der Waals surface area contributed by atoms with E-state index in [0.717, 1.165) is 17.7 Å². The first-order chi connectivity index (χ1) is 10.9. The molecule has 1 aromatic heterocycles. The standard InChI is InChI=1S/C18H15ClF3N/c1-13-15(12-19)7-4-2-3-5-10-17(23-13)14-8-6-9-16(11-14)18(20,21)22/h2-11H,12H2,1H3. The molecule has 1 nitrogen and oxygen atoms in total. The number of hydrogen-bond acceptors (Lipinski definition) is 1. The summed E-state index contributed by atoms with van der Waals surface area (Å²) in [6, 6.07) is 15.8. The Labute approximate surface area is 138 Å². The van der Waals surface area contributed by atoms with E-state index in [1.54, 1.807) is 31.2 Å². The molecule has 1 heterocycles. The zero-order valence-electron chi connectivity index (χ0n) is 12.4. The molecule has 0 aliphatic heterocycles. The van der Waals surface area contributed by atoms with Gasteiger partial charge in [-0.05, 0) is 30.7 Å². The highest BCUT2D eigenvalue weighted by Crippen LogP contribution is 2.31. The quantitative estimate of drug-likeness (QED) is 0.618. The third kappa shape index (κ3) is 4.70. The van der Waals surface area contributed by atoms with Crippen molar-refractivity contribution in [2.24, 2.45) is 0 Å². The molecule has 0 unspecified atom stereocenters. The second-order valence-electron chi connectivity index (χ2n) is 4.92. The summed E-state index contributed by atoms with van der Waals surface area (Å²) in [6.07, 6.45) is -4.38. The number of aromatic nitrogens is 1. The lowest BCUT2D eigenvalue weighted by molar-refractivity contribution is -0.137. The molecule has 0 amide bonds. The lowest BCUT2D eigenvalue weighted by Gasteiger charge is -2.08. The Balaban J connectivity index is 2.65. The fourth-order valence-electron chi connectivity index (χ4n) is 2.01. The highest BCUT2D eigenvalue weighted by Gasteiger charge is 2.30. The van der Waals surface area contributed by atoms with Gasteiger partial charge in [0.25, 0.3) is 0 Å². The number of rotatable bonds is 2. The molecule has 2 aromatic rings. The summed E-state index contributed by atoms with van der Waals surface area (Å²) >= 11 is 5.90. The van der Waals surface area contributed by atoms with Crippen molar-refractivity contribution < 1.29 is 13.2 Å². The first-order valence-corrected chi connectivity index (χ1v) is 7.48. The van der Waals surface area contributed by atoms with E-state index < -0.39 is 11.7 Å². The molecule has 120 valence electrons. The number of halogens is 4. The van der Waals surface area contributed by atoms with Crippen LogP contribution in [-0.2, 0) is 12.1 Å². The van der Waals surface area contributed by atoms with Crippen LogP contribution in [0.4, 0.5) is 13.2 Å². The van der Waals surface area contributed by atoms with Crippen LogP contribution in [0, 0.1) is 6.92 Å². The summed E-state index contributed by atoms with van der Waals surface area (Å²) in [5.41, 5.74) is 1.65. The van der Waals surface area contributed by atoms with E-state index in [4.69, 9.17) is 11.6 Å². The van der Waals surface area contributed by atoms with E-state index in [0.29, 0.717) is 17.0 Å². The fraction of sp³-hybridized carbons (Fsp3) is 0.167. The number of alkyl halides is 4. The number of aryl methyl sites for hydroxylation is 1. The van der Waals surface area contributed by atoms with Crippen molar-refractivity contribution in [2.75, 3.05) is 0 Å². The minimum absolute atomic E-state index is 0.277.